The third kappa shape index (κ3) is 4.26. The molecule has 0 radical (unpaired) electrons. The SMILES string of the molecule is Nc1c(Nc2ccc(Cl)cc2)ncnc1NC1CCCCCC1. The van der Waals surface area contributed by atoms with Gasteiger partial charge in [-0.25, -0.2) is 9.97 Å². The van der Waals surface area contributed by atoms with E-state index in [4.69, 9.17) is 17.3 Å². The third-order valence-electron chi connectivity index (χ3n) is 4.19. The lowest BCUT2D eigenvalue weighted by Gasteiger charge is -2.19. The van der Waals surface area contributed by atoms with Gasteiger partial charge in [-0.15, -0.1) is 0 Å². The summed E-state index contributed by atoms with van der Waals surface area (Å²) >= 11 is 5.90. The van der Waals surface area contributed by atoms with Crippen LogP contribution in [0.15, 0.2) is 30.6 Å². The van der Waals surface area contributed by atoms with Crippen molar-refractivity contribution in [2.45, 2.75) is 44.6 Å². The highest BCUT2D eigenvalue weighted by atomic mass is 35.5. The number of anilines is 4. The van der Waals surface area contributed by atoms with E-state index in [2.05, 4.69) is 20.6 Å². The van der Waals surface area contributed by atoms with E-state index in [0.29, 0.717) is 28.4 Å². The molecule has 3 rings (SSSR count). The maximum Gasteiger partial charge on any atom is 0.159 e. The van der Waals surface area contributed by atoms with Crippen molar-refractivity contribution >= 4 is 34.6 Å². The van der Waals surface area contributed by atoms with Crippen LogP contribution in [0.1, 0.15) is 38.5 Å². The summed E-state index contributed by atoms with van der Waals surface area (Å²) in [6, 6.07) is 7.88. The molecule has 0 spiro atoms. The minimum Gasteiger partial charge on any atom is -0.393 e. The lowest BCUT2D eigenvalue weighted by Crippen LogP contribution is -2.20. The lowest BCUT2D eigenvalue weighted by atomic mass is 10.1. The van der Waals surface area contributed by atoms with Gasteiger partial charge in [0.2, 0.25) is 0 Å². The molecule has 4 N–H and O–H groups in total. The number of benzene rings is 1. The second-order valence-corrected chi connectivity index (χ2v) is 6.39. The van der Waals surface area contributed by atoms with Crippen LogP contribution in [0.4, 0.5) is 23.0 Å². The van der Waals surface area contributed by atoms with Crippen LogP contribution in [0, 0.1) is 0 Å². The normalized spacial score (nSPS) is 15.9. The summed E-state index contributed by atoms with van der Waals surface area (Å²) in [4.78, 5) is 8.56. The van der Waals surface area contributed by atoms with Gasteiger partial charge in [0.15, 0.2) is 11.6 Å². The summed E-state index contributed by atoms with van der Waals surface area (Å²) in [5.41, 5.74) is 7.68. The Morgan fingerprint density at radius 3 is 2.30 bits per heavy atom. The monoisotopic (exact) mass is 331 g/mol. The Kier molecular flexibility index (Phi) is 5.18. The minimum absolute atomic E-state index is 0.443. The molecule has 1 fully saturated rings. The summed E-state index contributed by atoms with van der Waals surface area (Å²) in [7, 11) is 0. The molecule has 1 aromatic carbocycles. The average molecular weight is 332 g/mol. The predicted molar refractivity (Wildman–Crippen MR) is 96.3 cm³/mol. The molecule has 1 aliphatic rings. The summed E-state index contributed by atoms with van der Waals surface area (Å²) in [6.07, 6.45) is 9.04. The number of hydrogen-bond acceptors (Lipinski definition) is 5. The van der Waals surface area contributed by atoms with Crippen LogP contribution in [0.3, 0.4) is 0 Å². The molecule has 0 atom stereocenters. The molecule has 1 heterocycles. The summed E-state index contributed by atoms with van der Waals surface area (Å²) in [6.45, 7) is 0. The van der Waals surface area contributed by atoms with Gasteiger partial charge < -0.3 is 16.4 Å². The maximum atomic E-state index is 6.24. The van der Waals surface area contributed by atoms with Crippen molar-refractivity contribution in [2.24, 2.45) is 0 Å². The number of aromatic nitrogens is 2. The van der Waals surface area contributed by atoms with Crippen LogP contribution in [0.5, 0.6) is 0 Å². The molecule has 0 aliphatic heterocycles. The van der Waals surface area contributed by atoms with Gasteiger partial charge in [-0.1, -0.05) is 37.3 Å². The smallest absolute Gasteiger partial charge is 0.159 e. The fourth-order valence-corrected chi connectivity index (χ4v) is 3.02. The van der Waals surface area contributed by atoms with E-state index < -0.39 is 0 Å². The van der Waals surface area contributed by atoms with E-state index in [1.54, 1.807) is 0 Å². The van der Waals surface area contributed by atoms with E-state index in [-0.39, 0.29) is 0 Å². The van der Waals surface area contributed by atoms with Gasteiger partial charge in [-0.3, -0.25) is 0 Å². The van der Waals surface area contributed by atoms with Crippen molar-refractivity contribution in [3.05, 3.63) is 35.6 Å². The van der Waals surface area contributed by atoms with Crippen LogP contribution < -0.4 is 16.4 Å². The second-order valence-electron chi connectivity index (χ2n) is 5.95. The van der Waals surface area contributed by atoms with Gasteiger partial charge in [0.1, 0.15) is 12.0 Å². The first kappa shape index (κ1) is 15.9. The number of nitrogen functional groups attached to an aromatic ring is 1. The molecule has 5 nitrogen and oxygen atoms in total. The predicted octanol–water partition coefficient (Wildman–Crippen LogP) is 4.59. The highest BCUT2D eigenvalue weighted by Crippen LogP contribution is 2.28. The molecule has 122 valence electrons. The Balaban J connectivity index is 1.73. The topological polar surface area (TPSA) is 75.9 Å². The van der Waals surface area contributed by atoms with Crippen LogP contribution in [0.2, 0.25) is 5.02 Å². The zero-order valence-corrected chi connectivity index (χ0v) is 13.8. The Labute approximate surface area is 141 Å². The van der Waals surface area contributed by atoms with Gasteiger partial charge in [0, 0.05) is 16.8 Å². The standard InChI is InChI=1S/C17H22ClN5/c18-12-7-9-14(10-8-12)23-17-15(19)16(20-11-21-17)22-13-5-3-1-2-4-6-13/h7-11,13H,1-6,19H2,(H2,20,21,22,23). The van der Waals surface area contributed by atoms with E-state index >= 15 is 0 Å². The molecule has 1 saturated carbocycles. The summed E-state index contributed by atoms with van der Waals surface area (Å²) in [5.74, 6) is 1.32. The first-order valence-electron chi connectivity index (χ1n) is 8.12. The van der Waals surface area contributed by atoms with Gasteiger partial charge in [0.05, 0.1) is 0 Å². The Morgan fingerprint density at radius 1 is 0.957 bits per heavy atom. The molecule has 0 saturated heterocycles. The van der Waals surface area contributed by atoms with Crippen LogP contribution >= 0.6 is 11.6 Å². The van der Waals surface area contributed by atoms with Crippen LogP contribution in [-0.2, 0) is 0 Å². The van der Waals surface area contributed by atoms with Gasteiger partial charge in [0.25, 0.3) is 0 Å². The molecule has 0 unspecified atom stereocenters. The van der Waals surface area contributed by atoms with Gasteiger partial charge >= 0.3 is 0 Å². The largest absolute Gasteiger partial charge is 0.393 e. The van der Waals surface area contributed by atoms with Crippen molar-refractivity contribution < 1.29 is 0 Å². The molecule has 1 aromatic heterocycles. The first-order valence-corrected chi connectivity index (χ1v) is 8.50. The van der Waals surface area contributed by atoms with Crippen LogP contribution in [-0.4, -0.2) is 16.0 Å². The number of halogens is 1. The Morgan fingerprint density at radius 2 is 1.61 bits per heavy atom. The number of hydrogen-bond donors (Lipinski definition) is 3. The zero-order valence-electron chi connectivity index (χ0n) is 13.1. The minimum atomic E-state index is 0.443. The van der Waals surface area contributed by atoms with E-state index in [9.17, 15) is 0 Å². The maximum absolute atomic E-state index is 6.24. The highest BCUT2D eigenvalue weighted by Gasteiger charge is 2.15. The highest BCUT2D eigenvalue weighted by molar-refractivity contribution is 6.30. The van der Waals surface area contributed by atoms with E-state index in [0.717, 1.165) is 5.69 Å². The van der Waals surface area contributed by atoms with Crippen molar-refractivity contribution in [3.8, 4) is 0 Å². The van der Waals surface area contributed by atoms with Crippen molar-refractivity contribution in [2.75, 3.05) is 16.4 Å². The number of nitrogens with zero attached hydrogens (tertiary/aromatic N) is 2. The lowest BCUT2D eigenvalue weighted by molar-refractivity contribution is 0.618. The Hall–Kier alpha value is -2.01. The molecule has 0 amide bonds. The fraction of sp³-hybridized carbons (Fsp3) is 0.412. The van der Waals surface area contributed by atoms with Gasteiger partial charge in [-0.2, -0.15) is 0 Å². The number of rotatable bonds is 4. The first-order chi connectivity index (χ1) is 11.2. The molecule has 2 aromatic rings. The molecule has 0 bridgehead atoms. The molecule has 1 aliphatic carbocycles. The summed E-state index contributed by atoms with van der Waals surface area (Å²) < 4.78 is 0. The molecule has 23 heavy (non-hydrogen) atoms. The van der Waals surface area contributed by atoms with E-state index in [1.807, 2.05) is 24.3 Å². The molecular weight excluding hydrogens is 310 g/mol. The fourth-order valence-electron chi connectivity index (χ4n) is 2.90. The number of nitrogens with two attached hydrogens (primary N) is 1. The van der Waals surface area contributed by atoms with Crippen molar-refractivity contribution in [3.63, 3.8) is 0 Å². The molecule has 6 heteroatoms. The summed E-state index contributed by atoms with van der Waals surface area (Å²) in [5, 5.41) is 7.40. The second kappa shape index (κ2) is 7.51. The van der Waals surface area contributed by atoms with Crippen molar-refractivity contribution in [1.82, 2.24) is 9.97 Å². The third-order valence-corrected chi connectivity index (χ3v) is 4.44. The molecular formula is C17H22ClN5. The average Bonchev–Trinajstić information content (AvgIpc) is 2.82. The van der Waals surface area contributed by atoms with Crippen molar-refractivity contribution in [1.29, 1.82) is 0 Å². The van der Waals surface area contributed by atoms with Crippen LogP contribution in [0.25, 0.3) is 0 Å². The Bertz CT molecular complexity index is 636. The quantitative estimate of drug-likeness (QED) is 0.714. The van der Waals surface area contributed by atoms with Gasteiger partial charge in [-0.05, 0) is 37.1 Å². The van der Waals surface area contributed by atoms with E-state index in [1.165, 1.54) is 44.9 Å². The number of nitrogens with one attached hydrogen (secondary N) is 2. The zero-order chi connectivity index (χ0) is 16.1.